The Kier molecular flexibility index (Phi) is 6.26. The summed E-state index contributed by atoms with van der Waals surface area (Å²) in [5, 5.41) is 9.81. The topological polar surface area (TPSA) is 81.1 Å². The molecule has 1 amide bonds. The van der Waals surface area contributed by atoms with Gasteiger partial charge in [-0.15, -0.1) is 0 Å². The number of methoxy groups -OCH3 is 2. The predicted octanol–water partition coefficient (Wildman–Crippen LogP) is 1.60. The van der Waals surface area contributed by atoms with Crippen LogP contribution < -0.4 is 9.47 Å². The van der Waals surface area contributed by atoms with Gasteiger partial charge in [-0.05, 0) is 29.3 Å². The summed E-state index contributed by atoms with van der Waals surface area (Å²) < 4.78 is 16.4. The maximum Gasteiger partial charge on any atom is 0.227 e. The van der Waals surface area contributed by atoms with E-state index in [0.29, 0.717) is 24.7 Å². The third-order valence-corrected chi connectivity index (χ3v) is 4.68. The van der Waals surface area contributed by atoms with E-state index >= 15 is 0 Å². The molecule has 2 atom stereocenters. The van der Waals surface area contributed by atoms with Gasteiger partial charge in [0.1, 0.15) is 6.10 Å². The Hall–Kier alpha value is -2.64. The highest BCUT2D eigenvalue weighted by molar-refractivity contribution is 5.79. The van der Waals surface area contributed by atoms with Crippen molar-refractivity contribution in [3.63, 3.8) is 0 Å². The minimum atomic E-state index is -0.505. The smallest absolute Gasteiger partial charge is 0.227 e. The van der Waals surface area contributed by atoms with E-state index in [4.69, 9.17) is 14.2 Å². The molecule has 3 rings (SSSR count). The summed E-state index contributed by atoms with van der Waals surface area (Å²) >= 11 is 0. The molecule has 0 aliphatic carbocycles. The Bertz CT molecular complexity index is 768. The van der Waals surface area contributed by atoms with Gasteiger partial charge >= 0.3 is 0 Å². The number of morpholine rings is 1. The monoisotopic (exact) mass is 372 g/mol. The van der Waals surface area contributed by atoms with Crippen LogP contribution in [0.1, 0.15) is 17.2 Å². The number of benzene rings is 1. The maximum absolute atomic E-state index is 13.0. The van der Waals surface area contributed by atoms with Crippen LogP contribution in [-0.4, -0.2) is 61.0 Å². The Balaban J connectivity index is 1.91. The van der Waals surface area contributed by atoms with Crippen LogP contribution >= 0.6 is 0 Å². The second kappa shape index (κ2) is 8.83. The fourth-order valence-electron chi connectivity index (χ4n) is 3.38. The number of hydrogen-bond donors (Lipinski definition) is 1. The van der Waals surface area contributed by atoms with Crippen LogP contribution in [0.15, 0.2) is 42.7 Å². The highest BCUT2D eigenvalue weighted by Crippen LogP contribution is 2.35. The summed E-state index contributed by atoms with van der Waals surface area (Å²) in [5.41, 5.74) is 1.67. The minimum absolute atomic E-state index is 0.0375. The van der Waals surface area contributed by atoms with E-state index in [1.807, 2.05) is 24.3 Å². The molecule has 1 aliphatic rings. The van der Waals surface area contributed by atoms with E-state index in [-0.39, 0.29) is 18.9 Å². The van der Waals surface area contributed by atoms with Crippen LogP contribution in [0.25, 0.3) is 0 Å². The Morgan fingerprint density at radius 2 is 2.11 bits per heavy atom. The number of hydrogen-bond acceptors (Lipinski definition) is 6. The van der Waals surface area contributed by atoms with Crippen LogP contribution in [0.2, 0.25) is 0 Å². The summed E-state index contributed by atoms with van der Waals surface area (Å²) in [6, 6.07) is 8.76. The van der Waals surface area contributed by atoms with Crippen molar-refractivity contribution in [2.75, 3.05) is 34.0 Å². The first-order chi connectivity index (χ1) is 13.2. The minimum Gasteiger partial charge on any atom is -0.493 e. The SMILES string of the molecule is COc1ccc([C@@H]2[C@@H](CO)OCCN2C(=O)Cc2cccnc2)cc1OC. The molecule has 1 saturated heterocycles. The van der Waals surface area contributed by atoms with Gasteiger partial charge in [0.2, 0.25) is 5.91 Å². The molecule has 0 spiro atoms. The van der Waals surface area contributed by atoms with Gasteiger partial charge < -0.3 is 24.2 Å². The lowest BCUT2D eigenvalue weighted by Gasteiger charge is -2.41. The molecule has 7 nitrogen and oxygen atoms in total. The largest absolute Gasteiger partial charge is 0.493 e. The van der Waals surface area contributed by atoms with Gasteiger partial charge in [0, 0.05) is 18.9 Å². The van der Waals surface area contributed by atoms with E-state index in [9.17, 15) is 9.90 Å². The number of rotatable bonds is 6. The van der Waals surface area contributed by atoms with Crippen molar-refractivity contribution in [3.05, 3.63) is 53.9 Å². The molecule has 1 N–H and O–H groups in total. The first-order valence-corrected chi connectivity index (χ1v) is 8.80. The van der Waals surface area contributed by atoms with Gasteiger partial charge in [-0.25, -0.2) is 0 Å². The highest BCUT2D eigenvalue weighted by Gasteiger charge is 2.36. The van der Waals surface area contributed by atoms with Crippen molar-refractivity contribution in [1.82, 2.24) is 9.88 Å². The molecular formula is C20H24N2O5. The second-order valence-corrected chi connectivity index (χ2v) is 6.28. The average molecular weight is 372 g/mol. The summed E-state index contributed by atoms with van der Waals surface area (Å²) in [6.45, 7) is 0.651. The molecule has 0 unspecified atom stereocenters. The van der Waals surface area contributed by atoms with Gasteiger partial charge in [-0.1, -0.05) is 12.1 Å². The number of aliphatic hydroxyl groups excluding tert-OH is 1. The van der Waals surface area contributed by atoms with Gasteiger partial charge in [-0.2, -0.15) is 0 Å². The number of ether oxygens (including phenoxy) is 3. The summed E-state index contributed by atoms with van der Waals surface area (Å²) in [6.07, 6.45) is 3.11. The lowest BCUT2D eigenvalue weighted by Crippen LogP contribution is -2.50. The fourth-order valence-corrected chi connectivity index (χ4v) is 3.38. The number of amides is 1. The van der Waals surface area contributed by atoms with E-state index in [1.165, 1.54) is 0 Å². The first kappa shape index (κ1) is 19.1. The molecule has 144 valence electrons. The molecule has 1 aromatic carbocycles. The van der Waals surface area contributed by atoms with Crippen molar-refractivity contribution in [3.8, 4) is 11.5 Å². The van der Waals surface area contributed by atoms with Crippen molar-refractivity contribution in [2.45, 2.75) is 18.6 Å². The summed E-state index contributed by atoms with van der Waals surface area (Å²) in [4.78, 5) is 18.8. The van der Waals surface area contributed by atoms with Crippen molar-refractivity contribution in [1.29, 1.82) is 0 Å². The molecule has 2 heterocycles. The number of nitrogens with zero attached hydrogens (tertiary/aromatic N) is 2. The summed E-state index contributed by atoms with van der Waals surface area (Å²) in [7, 11) is 3.13. The molecule has 7 heteroatoms. The zero-order valence-corrected chi connectivity index (χ0v) is 15.5. The third-order valence-electron chi connectivity index (χ3n) is 4.68. The fraction of sp³-hybridized carbons (Fsp3) is 0.400. The molecular weight excluding hydrogens is 348 g/mol. The number of aliphatic hydroxyl groups is 1. The van der Waals surface area contributed by atoms with Crippen LogP contribution in [0, 0.1) is 0 Å². The molecule has 27 heavy (non-hydrogen) atoms. The molecule has 1 aromatic heterocycles. The van der Waals surface area contributed by atoms with Crippen LogP contribution in [0.4, 0.5) is 0 Å². The number of carbonyl (C=O) groups excluding carboxylic acids is 1. The lowest BCUT2D eigenvalue weighted by molar-refractivity contribution is -0.149. The molecule has 1 aliphatic heterocycles. The Labute approximate surface area is 158 Å². The number of carbonyl (C=O) groups is 1. The zero-order valence-electron chi connectivity index (χ0n) is 15.5. The van der Waals surface area contributed by atoms with Crippen molar-refractivity contribution >= 4 is 5.91 Å². The standard InChI is InChI=1S/C20H24N2O5/c1-25-16-6-5-15(11-17(16)26-2)20-18(13-23)27-9-8-22(20)19(24)10-14-4-3-7-21-12-14/h3-7,11-12,18,20,23H,8-10,13H2,1-2H3/t18-,20-/m1/s1. The van der Waals surface area contributed by atoms with E-state index < -0.39 is 12.1 Å². The zero-order chi connectivity index (χ0) is 19.2. The Morgan fingerprint density at radius 1 is 1.30 bits per heavy atom. The van der Waals surface area contributed by atoms with E-state index in [0.717, 1.165) is 11.1 Å². The van der Waals surface area contributed by atoms with Gasteiger partial charge in [0.05, 0.1) is 39.9 Å². The normalized spacial score (nSPS) is 19.6. The highest BCUT2D eigenvalue weighted by atomic mass is 16.5. The van der Waals surface area contributed by atoms with Gasteiger partial charge in [0.15, 0.2) is 11.5 Å². The van der Waals surface area contributed by atoms with Crippen molar-refractivity contribution in [2.24, 2.45) is 0 Å². The van der Waals surface area contributed by atoms with Crippen molar-refractivity contribution < 1.29 is 24.1 Å². The first-order valence-electron chi connectivity index (χ1n) is 8.80. The molecule has 1 fully saturated rings. The van der Waals surface area contributed by atoms with E-state index in [2.05, 4.69) is 4.98 Å². The molecule has 0 radical (unpaired) electrons. The van der Waals surface area contributed by atoms with Gasteiger partial charge in [0.25, 0.3) is 0 Å². The van der Waals surface area contributed by atoms with E-state index in [1.54, 1.807) is 37.6 Å². The third kappa shape index (κ3) is 4.20. The maximum atomic E-state index is 13.0. The quantitative estimate of drug-likeness (QED) is 0.830. The second-order valence-electron chi connectivity index (χ2n) is 6.28. The number of aromatic nitrogens is 1. The molecule has 2 aromatic rings. The Morgan fingerprint density at radius 3 is 2.78 bits per heavy atom. The molecule has 0 bridgehead atoms. The molecule has 0 saturated carbocycles. The van der Waals surface area contributed by atoms with Crippen LogP contribution in [0.5, 0.6) is 11.5 Å². The van der Waals surface area contributed by atoms with Crippen LogP contribution in [-0.2, 0) is 16.0 Å². The number of pyridine rings is 1. The van der Waals surface area contributed by atoms with Gasteiger partial charge in [-0.3, -0.25) is 9.78 Å². The van der Waals surface area contributed by atoms with Crippen LogP contribution in [0.3, 0.4) is 0 Å². The average Bonchev–Trinajstić information content (AvgIpc) is 2.73. The lowest BCUT2D eigenvalue weighted by atomic mass is 9.97. The predicted molar refractivity (Wildman–Crippen MR) is 98.8 cm³/mol. The summed E-state index contributed by atoms with van der Waals surface area (Å²) in [5.74, 6) is 1.13.